The summed E-state index contributed by atoms with van der Waals surface area (Å²) in [6.45, 7) is 3.84. The molecule has 1 heterocycles. The SMILES string of the molecule is CC(C)C(O)CC(=O)NC1(c2nccs2)CCCC1. The molecule has 0 radical (unpaired) electrons. The van der Waals surface area contributed by atoms with E-state index in [0.29, 0.717) is 0 Å². The number of nitrogens with one attached hydrogen (secondary N) is 1. The Kier molecular flexibility index (Phi) is 4.58. The summed E-state index contributed by atoms with van der Waals surface area (Å²) in [4.78, 5) is 16.5. The lowest BCUT2D eigenvalue weighted by Crippen LogP contribution is -2.45. The van der Waals surface area contributed by atoms with E-state index in [0.717, 1.165) is 30.7 Å². The predicted octanol–water partition coefficient (Wildman–Crippen LogP) is 2.44. The van der Waals surface area contributed by atoms with Crippen LogP contribution < -0.4 is 5.32 Å². The summed E-state index contributed by atoms with van der Waals surface area (Å²) in [7, 11) is 0. The quantitative estimate of drug-likeness (QED) is 0.872. The number of thiazole rings is 1. The molecule has 4 nitrogen and oxygen atoms in total. The molecule has 1 aliphatic carbocycles. The zero-order valence-corrected chi connectivity index (χ0v) is 12.4. The monoisotopic (exact) mass is 282 g/mol. The van der Waals surface area contributed by atoms with Gasteiger partial charge in [-0.05, 0) is 18.8 Å². The largest absolute Gasteiger partial charge is 0.392 e. The summed E-state index contributed by atoms with van der Waals surface area (Å²) < 4.78 is 0. The molecule has 2 N–H and O–H groups in total. The Balaban J connectivity index is 2.04. The van der Waals surface area contributed by atoms with E-state index in [1.54, 1.807) is 17.5 Å². The minimum absolute atomic E-state index is 0.0710. The third-order valence-corrected chi connectivity index (χ3v) is 4.82. The van der Waals surface area contributed by atoms with Crippen LogP contribution in [0.5, 0.6) is 0 Å². The number of rotatable bonds is 5. The highest BCUT2D eigenvalue weighted by molar-refractivity contribution is 7.09. The molecule has 1 unspecified atom stereocenters. The molecule has 1 aliphatic rings. The Bertz CT molecular complexity index is 411. The van der Waals surface area contributed by atoms with Gasteiger partial charge < -0.3 is 10.4 Å². The normalized spacial score (nSPS) is 19.6. The van der Waals surface area contributed by atoms with Gasteiger partial charge in [0, 0.05) is 11.6 Å². The Hall–Kier alpha value is -0.940. The van der Waals surface area contributed by atoms with Crippen LogP contribution >= 0.6 is 11.3 Å². The topological polar surface area (TPSA) is 62.2 Å². The van der Waals surface area contributed by atoms with Crippen molar-refractivity contribution in [2.45, 2.75) is 57.6 Å². The first-order valence-electron chi connectivity index (χ1n) is 6.92. The maximum Gasteiger partial charge on any atom is 0.223 e. The highest BCUT2D eigenvalue weighted by Gasteiger charge is 2.39. The van der Waals surface area contributed by atoms with Crippen LogP contribution in [0.3, 0.4) is 0 Å². The lowest BCUT2D eigenvalue weighted by atomic mass is 9.97. The molecule has 1 aromatic rings. The molecule has 2 rings (SSSR count). The van der Waals surface area contributed by atoms with Crippen molar-refractivity contribution in [1.82, 2.24) is 10.3 Å². The van der Waals surface area contributed by atoms with Gasteiger partial charge in [-0.1, -0.05) is 26.7 Å². The van der Waals surface area contributed by atoms with Gasteiger partial charge in [0.25, 0.3) is 0 Å². The lowest BCUT2D eigenvalue weighted by Gasteiger charge is -2.29. The molecule has 1 fully saturated rings. The summed E-state index contributed by atoms with van der Waals surface area (Å²) in [5.41, 5.74) is -0.290. The van der Waals surface area contributed by atoms with E-state index in [1.807, 2.05) is 19.2 Å². The van der Waals surface area contributed by atoms with E-state index in [4.69, 9.17) is 0 Å². The number of carbonyl (C=O) groups is 1. The van der Waals surface area contributed by atoms with Gasteiger partial charge in [-0.3, -0.25) is 4.79 Å². The Labute approximate surface area is 118 Å². The summed E-state index contributed by atoms with van der Waals surface area (Å²) in [6.07, 6.45) is 5.52. The lowest BCUT2D eigenvalue weighted by molar-refractivity contribution is -0.125. The number of carbonyl (C=O) groups excluding carboxylic acids is 1. The number of hydrogen-bond acceptors (Lipinski definition) is 4. The molecule has 5 heteroatoms. The average Bonchev–Trinajstić information content (AvgIpc) is 2.98. The minimum Gasteiger partial charge on any atom is -0.392 e. The fourth-order valence-electron chi connectivity index (χ4n) is 2.57. The summed E-state index contributed by atoms with van der Waals surface area (Å²) in [5, 5.41) is 15.9. The molecule has 19 heavy (non-hydrogen) atoms. The van der Waals surface area contributed by atoms with Gasteiger partial charge in [0.1, 0.15) is 5.01 Å². The van der Waals surface area contributed by atoms with E-state index >= 15 is 0 Å². The van der Waals surface area contributed by atoms with Crippen LogP contribution in [-0.2, 0) is 10.3 Å². The molecule has 1 atom stereocenters. The van der Waals surface area contributed by atoms with Gasteiger partial charge in [0.2, 0.25) is 5.91 Å². The molecule has 0 aromatic carbocycles. The van der Waals surface area contributed by atoms with Crippen molar-refractivity contribution in [2.75, 3.05) is 0 Å². The van der Waals surface area contributed by atoms with Crippen LogP contribution in [0.15, 0.2) is 11.6 Å². The van der Waals surface area contributed by atoms with Crippen molar-refractivity contribution in [3.8, 4) is 0 Å². The molecule has 1 aromatic heterocycles. The number of nitrogens with zero attached hydrogens (tertiary/aromatic N) is 1. The van der Waals surface area contributed by atoms with Gasteiger partial charge in [0.15, 0.2) is 0 Å². The van der Waals surface area contributed by atoms with Crippen LogP contribution in [0.2, 0.25) is 0 Å². The summed E-state index contributed by atoms with van der Waals surface area (Å²) in [5.74, 6) is 0.0310. The number of hydrogen-bond donors (Lipinski definition) is 2. The second-order valence-corrected chi connectivity index (χ2v) is 6.58. The predicted molar refractivity (Wildman–Crippen MR) is 75.9 cm³/mol. The van der Waals surface area contributed by atoms with E-state index in [1.165, 1.54) is 0 Å². The average molecular weight is 282 g/mol. The minimum atomic E-state index is -0.574. The number of aliphatic hydroxyl groups is 1. The number of aromatic nitrogens is 1. The standard InChI is InChI=1S/C14H22N2O2S/c1-10(2)11(17)9-12(18)16-14(5-3-4-6-14)13-15-7-8-19-13/h7-8,10-11,17H,3-6,9H2,1-2H3,(H,16,18). The van der Waals surface area contributed by atoms with Gasteiger partial charge in [-0.25, -0.2) is 4.98 Å². The second-order valence-electron chi connectivity index (χ2n) is 5.69. The highest BCUT2D eigenvalue weighted by atomic mass is 32.1. The maximum absolute atomic E-state index is 12.1. The first kappa shape index (κ1) is 14.5. The van der Waals surface area contributed by atoms with Gasteiger partial charge in [0.05, 0.1) is 18.1 Å². The first-order chi connectivity index (χ1) is 9.03. The first-order valence-corrected chi connectivity index (χ1v) is 7.80. The number of aliphatic hydroxyl groups excluding tert-OH is 1. The third-order valence-electron chi connectivity index (χ3n) is 3.84. The van der Waals surface area contributed by atoms with Crippen molar-refractivity contribution >= 4 is 17.2 Å². The number of amides is 1. The Morgan fingerprint density at radius 3 is 2.74 bits per heavy atom. The third kappa shape index (κ3) is 3.34. The van der Waals surface area contributed by atoms with Crippen LogP contribution in [0.4, 0.5) is 0 Å². The van der Waals surface area contributed by atoms with Crippen LogP contribution in [-0.4, -0.2) is 22.1 Å². The Morgan fingerprint density at radius 1 is 1.53 bits per heavy atom. The zero-order valence-electron chi connectivity index (χ0n) is 11.6. The molecule has 0 saturated heterocycles. The molecular formula is C14H22N2O2S. The van der Waals surface area contributed by atoms with Crippen LogP contribution in [0, 0.1) is 5.92 Å². The van der Waals surface area contributed by atoms with E-state index in [-0.39, 0.29) is 23.8 Å². The van der Waals surface area contributed by atoms with Crippen LogP contribution in [0.1, 0.15) is 51.0 Å². The van der Waals surface area contributed by atoms with Crippen LogP contribution in [0.25, 0.3) is 0 Å². The molecule has 106 valence electrons. The molecule has 0 spiro atoms. The van der Waals surface area contributed by atoms with Crippen molar-refractivity contribution in [1.29, 1.82) is 0 Å². The van der Waals surface area contributed by atoms with Crippen molar-refractivity contribution in [2.24, 2.45) is 5.92 Å². The Morgan fingerprint density at radius 2 is 2.21 bits per heavy atom. The van der Waals surface area contributed by atoms with Gasteiger partial charge in [-0.2, -0.15) is 0 Å². The molecule has 0 aliphatic heterocycles. The molecule has 1 saturated carbocycles. The van der Waals surface area contributed by atoms with E-state index in [9.17, 15) is 9.90 Å². The highest BCUT2D eigenvalue weighted by Crippen LogP contribution is 2.39. The van der Waals surface area contributed by atoms with Gasteiger partial charge >= 0.3 is 0 Å². The maximum atomic E-state index is 12.1. The molecular weight excluding hydrogens is 260 g/mol. The summed E-state index contributed by atoms with van der Waals surface area (Å²) in [6, 6.07) is 0. The molecule has 0 bridgehead atoms. The fraction of sp³-hybridized carbons (Fsp3) is 0.714. The second kappa shape index (κ2) is 6.01. The molecule has 1 amide bonds. The van der Waals surface area contributed by atoms with E-state index in [2.05, 4.69) is 10.3 Å². The van der Waals surface area contributed by atoms with E-state index < -0.39 is 6.10 Å². The smallest absolute Gasteiger partial charge is 0.223 e. The van der Waals surface area contributed by atoms with Crippen molar-refractivity contribution < 1.29 is 9.90 Å². The zero-order chi connectivity index (χ0) is 13.9. The van der Waals surface area contributed by atoms with Gasteiger partial charge in [-0.15, -0.1) is 11.3 Å². The van der Waals surface area contributed by atoms with Crippen molar-refractivity contribution in [3.05, 3.63) is 16.6 Å². The fourth-order valence-corrected chi connectivity index (χ4v) is 3.43. The van der Waals surface area contributed by atoms with Crippen molar-refractivity contribution in [3.63, 3.8) is 0 Å². The summed E-state index contributed by atoms with van der Waals surface area (Å²) >= 11 is 1.60.